The van der Waals surface area contributed by atoms with Crippen molar-refractivity contribution in [3.63, 3.8) is 0 Å². The fraction of sp³-hybridized carbons (Fsp3) is 0.368. The Labute approximate surface area is 161 Å². The minimum Gasteiger partial charge on any atom is -0.368 e. The molecule has 2 heterocycles. The van der Waals surface area contributed by atoms with Crippen LogP contribution in [0.1, 0.15) is 19.5 Å². The molecule has 3 rings (SSSR count). The van der Waals surface area contributed by atoms with Crippen molar-refractivity contribution in [1.29, 1.82) is 0 Å². The lowest BCUT2D eigenvalue weighted by atomic mass is 10.2. The Morgan fingerprint density at radius 2 is 1.81 bits per heavy atom. The van der Waals surface area contributed by atoms with Gasteiger partial charge in [-0.25, -0.2) is 4.39 Å². The number of halogens is 3. The van der Waals surface area contributed by atoms with Crippen molar-refractivity contribution in [3.8, 4) is 0 Å². The monoisotopic (exact) mass is 394 g/mol. The van der Waals surface area contributed by atoms with Crippen LogP contribution >= 0.6 is 11.6 Å². The molecule has 1 aliphatic heterocycles. The number of aromatic nitrogens is 2. The highest BCUT2D eigenvalue weighted by atomic mass is 35.5. The molecule has 1 saturated heterocycles. The number of carbonyl (C=O) groups is 1. The lowest BCUT2D eigenvalue weighted by molar-refractivity contribution is -0.132. The predicted octanol–water partition coefficient (Wildman–Crippen LogP) is 3.59. The van der Waals surface area contributed by atoms with E-state index in [2.05, 4.69) is 10.00 Å². The zero-order valence-corrected chi connectivity index (χ0v) is 16.0. The average Bonchev–Trinajstić information content (AvgIpc) is 2.95. The Hall–Kier alpha value is -2.41. The van der Waals surface area contributed by atoms with Crippen molar-refractivity contribution in [2.24, 2.45) is 0 Å². The highest BCUT2D eigenvalue weighted by Crippen LogP contribution is 2.26. The Morgan fingerprint density at radius 1 is 1.19 bits per heavy atom. The van der Waals surface area contributed by atoms with Gasteiger partial charge in [-0.2, -0.15) is 4.39 Å². The average molecular weight is 395 g/mol. The summed E-state index contributed by atoms with van der Waals surface area (Å²) in [6, 6.07) is 6.31. The lowest BCUT2D eigenvalue weighted by Gasteiger charge is -2.36. The van der Waals surface area contributed by atoms with Crippen LogP contribution in [-0.2, 0) is 11.3 Å². The van der Waals surface area contributed by atoms with Crippen LogP contribution in [0, 0.1) is 11.8 Å². The molecule has 0 aliphatic carbocycles. The minimum atomic E-state index is -0.776. The second kappa shape index (κ2) is 8.08. The van der Waals surface area contributed by atoms with Crippen LogP contribution < -0.4 is 4.90 Å². The molecule has 0 atom stereocenters. The Morgan fingerprint density at radius 3 is 2.41 bits per heavy atom. The van der Waals surface area contributed by atoms with Crippen LogP contribution in [0.25, 0.3) is 5.57 Å². The summed E-state index contributed by atoms with van der Waals surface area (Å²) in [4.78, 5) is 16.5. The van der Waals surface area contributed by atoms with E-state index >= 15 is 0 Å². The second-order valence-electron chi connectivity index (χ2n) is 6.43. The minimum absolute atomic E-state index is 0.0687. The van der Waals surface area contributed by atoms with Gasteiger partial charge in [-0.3, -0.25) is 9.48 Å². The topological polar surface area (TPSA) is 41.4 Å². The number of piperazine rings is 1. The SMILES string of the molecule is C/C=C(\C)c1c(Cl)c(F)nn1CC(=O)N1CCN(c2ccc(F)cc2)CC1. The van der Waals surface area contributed by atoms with Gasteiger partial charge in [-0.15, -0.1) is 5.10 Å². The first kappa shape index (κ1) is 19.4. The summed E-state index contributed by atoms with van der Waals surface area (Å²) in [6.07, 6.45) is 1.80. The number of anilines is 1. The Bertz CT molecular complexity index is 855. The zero-order chi connectivity index (χ0) is 19.6. The smallest absolute Gasteiger partial charge is 0.251 e. The first-order chi connectivity index (χ1) is 12.9. The molecule has 0 saturated carbocycles. The number of hydrogen-bond acceptors (Lipinski definition) is 3. The molecule has 0 spiro atoms. The quantitative estimate of drug-likeness (QED) is 0.795. The summed E-state index contributed by atoms with van der Waals surface area (Å²) < 4.78 is 28.2. The summed E-state index contributed by atoms with van der Waals surface area (Å²) in [5, 5.41) is 3.70. The predicted molar refractivity (Wildman–Crippen MR) is 102 cm³/mol. The number of hydrogen-bond donors (Lipinski definition) is 0. The number of amides is 1. The van der Waals surface area contributed by atoms with Gasteiger partial charge in [0.15, 0.2) is 0 Å². The number of carbonyl (C=O) groups excluding carboxylic acids is 1. The number of benzene rings is 1. The summed E-state index contributed by atoms with van der Waals surface area (Å²) in [5.41, 5.74) is 2.11. The van der Waals surface area contributed by atoms with Gasteiger partial charge >= 0.3 is 0 Å². The maximum atomic E-state index is 13.8. The van der Waals surface area contributed by atoms with Crippen LogP contribution in [0.5, 0.6) is 0 Å². The largest absolute Gasteiger partial charge is 0.368 e. The Balaban J connectivity index is 1.65. The molecule has 1 aromatic carbocycles. The molecule has 8 heteroatoms. The molecule has 27 heavy (non-hydrogen) atoms. The third-order valence-corrected chi connectivity index (χ3v) is 5.11. The van der Waals surface area contributed by atoms with Gasteiger partial charge in [-0.05, 0) is 43.7 Å². The molecule has 0 unspecified atom stereocenters. The van der Waals surface area contributed by atoms with Crippen molar-refractivity contribution in [2.75, 3.05) is 31.1 Å². The molecule has 2 aromatic rings. The lowest BCUT2D eigenvalue weighted by Crippen LogP contribution is -2.49. The molecule has 0 N–H and O–H groups in total. The van der Waals surface area contributed by atoms with E-state index in [-0.39, 0.29) is 23.3 Å². The fourth-order valence-corrected chi connectivity index (χ4v) is 3.42. The van der Waals surface area contributed by atoms with E-state index in [1.165, 1.54) is 16.8 Å². The molecule has 144 valence electrons. The maximum Gasteiger partial charge on any atom is 0.251 e. The van der Waals surface area contributed by atoms with E-state index in [9.17, 15) is 13.6 Å². The van der Waals surface area contributed by atoms with E-state index < -0.39 is 5.95 Å². The zero-order valence-electron chi connectivity index (χ0n) is 15.3. The summed E-state index contributed by atoms with van der Waals surface area (Å²) in [7, 11) is 0. The van der Waals surface area contributed by atoms with Gasteiger partial charge < -0.3 is 9.80 Å². The number of rotatable bonds is 4. The normalized spacial score (nSPS) is 15.4. The van der Waals surface area contributed by atoms with Gasteiger partial charge in [0.25, 0.3) is 5.95 Å². The molecule has 1 aromatic heterocycles. The van der Waals surface area contributed by atoms with Gasteiger partial charge in [0, 0.05) is 31.9 Å². The van der Waals surface area contributed by atoms with Crippen LogP contribution in [0.3, 0.4) is 0 Å². The number of allylic oxidation sites excluding steroid dienone is 2. The molecule has 1 fully saturated rings. The molecular weight excluding hydrogens is 374 g/mol. The van der Waals surface area contributed by atoms with Crippen molar-refractivity contribution >= 4 is 28.8 Å². The number of nitrogens with zero attached hydrogens (tertiary/aromatic N) is 4. The molecule has 5 nitrogen and oxygen atoms in total. The van der Waals surface area contributed by atoms with Crippen LogP contribution in [-0.4, -0.2) is 46.8 Å². The third kappa shape index (κ3) is 4.13. The van der Waals surface area contributed by atoms with Crippen LogP contribution in [0.4, 0.5) is 14.5 Å². The van der Waals surface area contributed by atoms with Crippen molar-refractivity contribution in [2.45, 2.75) is 20.4 Å². The first-order valence-corrected chi connectivity index (χ1v) is 9.12. The highest BCUT2D eigenvalue weighted by molar-refractivity contribution is 6.32. The van der Waals surface area contributed by atoms with E-state index in [0.29, 0.717) is 31.9 Å². The van der Waals surface area contributed by atoms with E-state index in [4.69, 9.17) is 11.6 Å². The Kier molecular flexibility index (Phi) is 5.79. The highest BCUT2D eigenvalue weighted by Gasteiger charge is 2.24. The van der Waals surface area contributed by atoms with Crippen molar-refractivity contribution in [3.05, 3.63) is 52.8 Å². The summed E-state index contributed by atoms with van der Waals surface area (Å²) in [6.45, 7) is 5.90. The van der Waals surface area contributed by atoms with E-state index in [1.807, 2.05) is 6.92 Å². The standard InChI is InChI=1S/C19H21ClF2N4O/c1-3-13(2)18-17(20)19(22)23-26(18)12-16(27)25-10-8-24(9-11-25)15-6-4-14(21)5-7-15/h3-7H,8-12H2,1-2H3/b13-3+. The second-order valence-corrected chi connectivity index (χ2v) is 6.80. The first-order valence-electron chi connectivity index (χ1n) is 8.74. The van der Waals surface area contributed by atoms with Gasteiger partial charge in [0.2, 0.25) is 5.91 Å². The van der Waals surface area contributed by atoms with E-state index in [0.717, 1.165) is 11.3 Å². The van der Waals surface area contributed by atoms with Gasteiger partial charge in [0.05, 0.1) is 5.69 Å². The molecule has 1 aliphatic rings. The third-order valence-electron chi connectivity index (χ3n) is 4.77. The molecule has 0 radical (unpaired) electrons. The van der Waals surface area contributed by atoms with Crippen molar-refractivity contribution < 1.29 is 13.6 Å². The maximum absolute atomic E-state index is 13.8. The summed E-state index contributed by atoms with van der Waals surface area (Å²) >= 11 is 6.00. The fourth-order valence-electron chi connectivity index (χ4n) is 3.13. The summed E-state index contributed by atoms with van der Waals surface area (Å²) in [5.74, 6) is -1.19. The van der Waals surface area contributed by atoms with Gasteiger partial charge in [0.1, 0.15) is 17.4 Å². The molecule has 1 amide bonds. The van der Waals surface area contributed by atoms with E-state index in [1.54, 1.807) is 30.0 Å². The molecular formula is C19H21ClF2N4O. The van der Waals surface area contributed by atoms with Crippen molar-refractivity contribution in [1.82, 2.24) is 14.7 Å². The van der Waals surface area contributed by atoms with Crippen LogP contribution in [0.15, 0.2) is 30.3 Å². The van der Waals surface area contributed by atoms with Crippen LogP contribution in [0.2, 0.25) is 5.02 Å². The molecule has 0 bridgehead atoms. The van der Waals surface area contributed by atoms with Gasteiger partial charge in [-0.1, -0.05) is 17.7 Å².